The molecule has 0 aliphatic carbocycles. The highest BCUT2D eigenvalue weighted by atomic mass is 16.5. The molecule has 1 saturated heterocycles. The number of nitrogens with zero attached hydrogens (tertiary/aromatic N) is 5. The molecule has 3 aromatic carbocycles. The van der Waals surface area contributed by atoms with Gasteiger partial charge in [-0.1, -0.05) is 30.3 Å². The second kappa shape index (κ2) is 14.4. The lowest BCUT2D eigenvalue weighted by molar-refractivity contribution is -0.131. The molecule has 10 nitrogen and oxygen atoms in total. The average Bonchev–Trinajstić information content (AvgIpc) is 3.34. The highest BCUT2D eigenvalue weighted by Gasteiger charge is 2.25. The van der Waals surface area contributed by atoms with Gasteiger partial charge in [0.1, 0.15) is 12.3 Å². The molecule has 1 aliphatic rings. The van der Waals surface area contributed by atoms with E-state index in [1.54, 1.807) is 50.5 Å². The maximum Gasteiger partial charge on any atom is 0.254 e. The average molecular weight is 596 g/mol. The molecule has 44 heavy (non-hydrogen) atoms. The van der Waals surface area contributed by atoms with E-state index in [-0.39, 0.29) is 18.4 Å². The molecule has 0 spiro atoms. The van der Waals surface area contributed by atoms with Crippen LogP contribution in [-0.2, 0) is 11.3 Å². The highest BCUT2D eigenvalue weighted by molar-refractivity contribution is 5.96. The third-order valence-corrected chi connectivity index (χ3v) is 7.67. The van der Waals surface area contributed by atoms with Crippen molar-refractivity contribution in [3.63, 3.8) is 0 Å². The number of methoxy groups -OCH3 is 3. The van der Waals surface area contributed by atoms with Crippen LogP contribution in [0.4, 0.5) is 5.82 Å². The summed E-state index contributed by atoms with van der Waals surface area (Å²) in [6.45, 7) is 2.79. The SMILES string of the molecule is COc1ccc(C(=O)N(CC(=O)N2CCCN(c3ccc(-c4ccc(OC)c(OC)c4)nn3)CC2)Cc2ccccc2)cc1. The number of hydrogen-bond acceptors (Lipinski definition) is 8. The number of rotatable bonds is 10. The van der Waals surface area contributed by atoms with Gasteiger partial charge in [-0.25, -0.2) is 0 Å². The van der Waals surface area contributed by atoms with Crippen LogP contribution >= 0.6 is 0 Å². The molecule has 2 heterocycles. The summed E-state index contributed by atoms with van der Waals surface area (Å²) in [7, 11) is 4.79. The first-order chi connectivity index (χ1) is 21.5. The van der Waals surface area contributed by atoms with E-state index in [0.717, 1.165) is 35.6 Å². The Morgan fingerprint density at radius 1 is 0.773 bits per heavy atom. The molecule has 228 valence electrons. The molecule has 2 amide bonds. The minimum absolute atomic E-state index is 0.0143. The molecule has 0 N–H and O–H groups in total. The van der Waals surface area contributed by atoms with Gasteiger partial charge in [-0.2, -0.15) is 0 Å². The number of benzene rings is 3. The van der Waals surface area contributed by atoms with Gasteiger partial charge in [0, 0.05) is 43.9 Å². The zero-order chi connectivity index (χ0) is 30.9. The molecule has 0 radical (unpaired) electrons. The number of anilines is 1. The standard InChI is InChI=1S/C34H37N5O5/c1-42-28-13-10-26(11-14-28)34(41)39(23-25-8-5-4-6-9-25)24-33(40)38-19-7-18-37(20-21-38)32-17-15-29(35-36-32)27-12-16-30(43-2)31(22-27)44-3/h4-6,8-17,22H,7,18-21,23-24H2,1-3H3. The van der Waals surface area contributed by atoms with Crippen molar-refractivity contribution in [1.29, 1.82) is 0 Å². The lowest BCUT2D eigenvalue weighted by atomic mass is 10.1. The molecule has 0 saturated carbocycles. The molecule has 1 aliphatic heterocycles. The summed E-state index contributed by atoms with van der Waals surface area (Å²) in [6, 6.07) is 26.2. The number of amides is 2. The number of carbonyl (C=O) groups excluding carboxylic acids is 2. The van der Waals surface area contributed by atoms with Gasteiger partial charge in [-0.05, 0) is 66.6 Å². The van der Waals surface area contributed by atoms with Crippen molar-refractivity contribution >= 4 is 17.6 Å². The van der Waals surface area contributed by atoms with Crippen molar-refractivity contribution in [2.24, 2.45) is 0 Å². The van der Waals surface area contributed by atoms with E-state index < -0.39 is 0 Å². The van der Waals surface area contributed by atoms with Crippen LogP contribution in [0.25, 0.3) is 11.3 Å². The van der Waals surface area contributed by atoms with E-state index in [2.05, 4.69) is 15.1 Å². The molecular formula is C34H37N5O5. The van der Waals surface area contributed by atoms with Crippen molar-refractivity contribution in [2.75, 3.05) is 59.0 Å². The quantitative estimate of drug-likeness (QED) is 0.264. The van der Waals surface area contributed by atoms with E-state index >= 15 is 0 Å². The maximum absolute atomic E-state index is 13.6. The number of ether oxygens (including phenoxy) is 3. The Kier molecular flexibility index (Phi) is 9.91. The summed E-state index contributed by atoms with van der Waals surface area (Å²) in [5.41, 5.74) is 3.06. The van der Waals surface area contributed by atoms with Crippen LogP contribution in [0.5, 0.6) is 17.2 Å². The predicted molar refractivity (Wildman–Crippen MR) is 168 cm³/mol. The van der Waals surface area contributed by atoms with Crippen molar-refractivity contribution in [1.82, 2.24) is 20.0 Å². The van der Waals surface area contributed by atoms with E-state index in [0.29, 0.717) is 49.0 Å². The second-order valence-electron chi connectivity index (χ2n) is 10.4. The van der Waals surface area contributed by atoms with Gasteiger partial charge < -0.3 is 28.9 Å². The smallest absolute Gasteiger partial charge is 0.254 e. The van der Waals surface area contributed by atoms with E-state index in [9.17, 15) is 9.59 Å². The molecule has 1 aromatic heterocycles. The Balaban J connectivity index is 1.24. The summed E-state index contributed by atoms with van der Waals surface area (Å²) in [4.78, 5) is 32.7. The zero-order valence-corrected chi connectivity index (χ0v) is 25.3. The van der Waals surface area contributed by atoms with Gasteiger partial charge in [-0.3, -0.25) is 9.59 Å². The van der Waals surface area contributed by atoms with Gasteiger partial charge in [-0.15, -0.1) is 10.2 Å². The lowest BCUT2D eigenvalue weighted by Gasteiger charge is -2.27. The van der Waals surface area contributed by atoms with Gasteiger partial charge >= 0.3 is 0 Å². The van der Waals surface area contributed by atoms with Crippen LogP contribution in [0.3, 0.4) is 0 Å². The van der Waals surface area contributed by atoms with Crippen LogP contribution in [0.1, 0.15) is 22.3 Å². The maximum atomic E-state index is 13.6. The predicted octanol–water partition coefficient (Wildman–Crippen LogP) is 4.55. The Hall–Kier alpha value is -5.12. The molecule has 0 atom stereocenters. The summed E-state index contributed by atoms with van der Waals surface area (Å²) >= 11 is 0. The lowest BCUT2D eigenvalue weighted by Crippen LogP contribution is -2.44. The fourth-order valence-corrected chi connectivity index (χ4v) is 5.22. The molecule has 5 rings (SSSR count). The molecule has 4 aromatic rings. The Labute approximate surface area is 257 Å². The third-order valence-electron chi connectivity index (χ3n) is 7.67. The van der Waals surface area contributed by atoms with E-state index in [1.165, 1.54) is 0 Å². The third kappa shape index (κ3) is 7.26. The van der Waals surface area contributed by atoms with Crippen LogP contribution in [0, 0.1) is 0 Å². The topological polar surface area (TPSA) is 97.3 Å². The van der Waals surface area contributed by atoms with Gasteiger partial charge in [0.2, 0.25) is 5.91 Å². The summed E-state index contributed by atoms with van der Waals surface area (Å²) in [6.07, 6.45) is 0.774. The fraction of sp³-hybridized carbons (Fsp3) is 0.294. The first-order valence-electron chi connectivity index (χ1n) is 14.5. The van der Waals surface area contributed by atoms with Gasteiger partial charge in [0.25, 0.3) is 5.91 Å². The van der Waals surface area contributed by atoms with Crippen LogP contribution in [-0.4, -0.2) is 85.9 Å². The van der Waals surface area contributed by atoms with Gasteiger partial charge in [0.15, 0.2) is 17.3 Å². The monoisotopic (exact) mass is 595 g/mol. The van der Waals surface area contributed by atoms with E-state index in [1.807, 2.05) is 65.6 Å². The Morgan fingerprint density at radius 2 is 1.55 bits per heavy atom. The Bertz CT molecular complexity index is 1550. The van der Waals surface area contributed by atoms with Crippen molar-refractivity contribution in [3.05, 3.63) is 96.1 Å². The van der Waals surface area contributed by atoms with Crippen LogP contribution in [0.2, 0.25) is 0 Å². The summed E-state index contributed by atoms with van der Waals surface area (Å²) < 4.78 is 16.0. The normalized spacial score (nSPS) is 13.2. The molecule has 0 unspecified atom stereocenters. The van der Waals surface area contributed by atoms with E-state index in [4.69, 9.17) is 14.2 Å². The fourth-order valence-electron chi connectivity index (χ4n) is 5.22. The highest BCUT2D eigenvalue weighted by Crippen LogP contribution is 2.31. The molecule has 1 fully saturated rings. The molecular weight excluding hydrogens is 558 g/mol. The summed E-state index contributed by atoms with van der Waals surface area (Å²) in [5, 5.41) is 8.95. The van der Waals surface area contributed by atoms with Gasteiger partial charge in [0.05, 0.1) is 27.0 Å². The minimum atomic E-state index is -0.203. The van der Waals surface area contributed by atoms with Crippen molar-refractivity contribution < 1.29 is 23.8 Å². The first-order valence-corrected chi connectivity index (χ1v) is 14.5. The molecule has 0 bridgehead atoms. The molecule has 10 heteroatoms. The number of hydrogen-bond donors (Lipinski definition) is 0. The zero-order valence-electron chi connectivity index (χ0n) is 25.3. The van der Waals surface area contributed by atoms with Crippen LogP contribution in [0.15, 0.2) is 84.9 Å². The summed E-state index contributed by atoms with van der Waals surface area (Å²) in [5.74, 6) is 2.41. The number of carbonyl (C=O) groups is 2. The second-order valence-corrected chi connectivity index (χ2v) is 10.4. The van der Waals surface area contributed by atoms with Crippen molar-refractivity contribution in [3.8, 4) is 28.5 Å². The van der Waals surface area contributed by atoms with Crippen LogP contribution < -0.4 is 19.1 Å². The number of aromatic nitrogens is 2. The first kappa shape index (κ1) is 30.3. The Morgan fingerprint density at radius 3 is 2.23 bits per heavy atom. The largest absolute Gasteiger partial charge is 0.497 e. The van der Waals surface area contributed by atoms with Crippen molar-refractivity contribution in [2.45, 2.75) is 13.0 Å². The minimum Gasteiger partial charge on any atom is -0.497 e.